The van der Waals surface area contributed by atoms with Crippen molar-refractivity contribution in [1.29, 1.82) is 0 Å². The molecule has 2 aliphatic rings. The molecule has 4 heterocycles. The number of hydrogen-bond donors (Lipinski definition) is 2. The highest BCUT2D eigenvalue weighted by atomic mass is 32.1. The molecule has 3 aromatic rings. The highest BCUT2D eigenvalue weighted by Crippen LogP contribution is 2.45. The van der Waals surface area contributed by atoms with Gasteiger partial charge in [-0.1, -0.05) is 12.8 Å². The highest BCUT2D eigenvalue weighted by molar-refractivity contribution is 7.13. The molecule has 1 aliphatic carbocycles. The molecule has 1 unspecified atom stereocenters. The number of nitrogens with zero attached hydrogens (tertiary/aromatic N) is 4. The van der Waals surface area contributed by atoms with Crippen LogP contribution in [0.15, 0.2) is 12.1 Å². The lowest BCUT2D eigenvalue weighted by atomic mass is 9.92. The number of nitrogens with one attached hydrogen (secondary N) is 1. The number of fused-ring (bicyclic) bond motifs is 1. The number of aromatic nitrogens is 4. The van der Waals surface area contributed by atoms with E-state index in [0.717, 1.165) is 70.9 Å². The molecule has 1 aliphatic heterocycles. The number of rotatable bonds is 3. The SMILES string of the molecule is Cc1cc(-c2nsc3c(C4(O)CCCC4)cc(N4CCOCC4C)nc23)[nH]n1. The van der Waals surface area contributed by atoms with E-state index in [1.54, 1.807) is 0 Å². The van der Waals surface area contributed by atoms with Crippen molar-refractivity contribution >= 4 is 27.6 Å². The first kappa shape index (κ1) is 18.0. The first-order chi connectivity index (χ1) is 13.5. The lowest BCUT2D eigenvalue weighted by Crippen LogP contribution is -2.44. The summed E-state index contributed by atoms with van der Waals surface area (Å²) in [5.41, 5.74) is 3.63. The number of H-pyrrole nitrogens is 1. The van der Waals surface area contributed by atoms with Crippen molar-refractivity contribution in [3.63, 3.8) is 0 Å². The Morgan fingerprint density at radius 3 is 2.86 bits per heavy atom. The van der Waals surface area contributed by atoms with Crippen molar-refractivity contribution in [3.05, 3.63) is 23.4 Å². The van der Waals surface area contributed by atoms with Crippen molar-refractivity contribution in [1.82, 2.24) is 19.6 Å². The molecule has 0 amide bonds. The lowest BCUT2D eigenvalue weighted by molar-refractivity contribution is 0.0461. The molecular weight excluding hydrogens is 374 g/mol. The fourth-order valence-electron chi connectivity index (χ4n) is 4.42. The number of pyridine rings is 1. The van der Waals surface area contributed by atoms with Gasteiger partial charge in [0.05, 0.1) is 40.9 Å². The number of aryl methyl sites for hydroxylation is 1. The molecule has 148 valence electrons. The zero-order chi connectivity index (χ0) is 19.3. The van der Waals surface area contributed by atoms with Crippen molar-refractivity contribution in [2.24, 2.45) is 0 Å². The predicted molar refractivity (Wildman–Crippen MR) is 110 cm³/mol. The van der Waals surface area contributed by atoms with Crippen LogP contribution >= 0.6 is 11.5 Å². The van der Waals surface area contributed by atoms with Crippen molar-refractivity contribution in [2.75, 3.05) is 24.7 Å². The Morgan fingerprint density at radius 2 is 2.14 bits per heavy atom. The molecule has 2 fully saturated rings. The largest absolute Gasteiger partial charge is 0.385 e. The normalized spacial score (nSPS) is 22.2. The van der Waals surface area contributed by atoms with Gasteiger partial charge >= 0.3 is 0 Å². The molecule has 1 atom stereocenters. The fourth-order valence-corrected chi connectivity index (χ4v) is 5.36. The maximum Gasteiger partial charge on any atom is 0.130 e. The Hall–Kier alpha value is -2.03. The lowest BCUT2D eigenvalue weighted by Gasteiger charge is -2.35. The monoisotopic (exact) mass is 399 g/mol. The molecule has 1 saturated carbocycles. The Morgan fingerprint density at radius 1 is 1.32 bits per heavy atom. The summed E-state index contributed by atoms with van der Waals surface area (Å²) >= 11 is 1.42. The number of ether oxygens (including phenoxy) is 1. The summed E-state index contributed by atoms with van der Waals surface area (Å²) < 4.78 is 11.3. The molecule has 7 nitrogen and oxygen atoms in total. The average Bonchev–Trinajstić information content (AvgIpc) is 3.41. The molecule has 28 heavy (non-hydrogen) atoms. The number of hydrogen-bond acceptors (Lipinski definition) is 7. The molecule has 1 saturated heterocycles. The zero-order valence-corrected chi connectivity index (χ0v) is 17.1. The van der Waals surface area contributed by atoms with Crippen molar-refractivity contribution < 1.29 is 9.84 Å². The topological polar surface area (TPSA) is 87.2 Å². The molecule has 0 aromatic carbocycles. The number of anilines is 1. The van der Waals surface area contributed by atoms with Crippen LogP contribution in [0.25, 0.3) is 21.6 Å². The van der Waals surface area contributed by atoms with Gasteiger partial charge in [0.2, 0.25) is 0 Å². The summed E-state index contributed by atoms with van der Waals surface area (Å²) in [5, 5.41) is 18.7. The summed E-state index contributed by atoms with van der Waals surface area (Å²) in [5.74, 6) is 0.899. The zero-order valence-electron chi connectivity index (χ0n) is 16.2. The molecule has 5 rings (SSSR count). The molecular formula is C20H25N5O2S. The summed E-state index contributed by atoms with van der Waals surface area (Å²) in [6, 6.07) is 4.33. The Balaban J connectivity index is 1.72. The van der Waals surface area contributed by atoms with Gasteiger partial charge in [0.1, 0.15) is 17.0 Å². The van der Waals surface area contributed by atoms with Gasteiger partial charge in [-0.25, -0.2) is 4.98 Å². The van der Waals surface area contributed by atoms with Crippen LogP contribution < -0.4 is 4.90 Å². The second kappa shape index (κ2) is 6.79. The molecule has 8 heteroatoms. The van der Waals surface area contributed by atoms with E-state index in [9.17, 15) is 5.11 Å². The van der Waals surface area contributed by atoms with Crippen LogP contribution in [0.5, 0.6) is 0 Å². The summed E-state index contributed by atoms with van der Waals surface area (Å²) in [6.45, 7) is 6.29. The van der Waals surface area contributed by atoms with Gasteiger partial charge in [-0.3, -0.25) is 5.10 Å². The third-order valence-electron chi connectivity index (χ3n) is 5.97. The van der Waals surface area contributed by atoms with E-state index < -0.39 is 5.60 Å². The summed E-state index contributed by atoms with van der Waals surface area (Å²) in [6.07, 6.45) is 3.69. The van der Waals surface area contributed by atoms with Crippen molar-refractivity contribution in [3.8, 4) is 11.4 Å². The number of morpholine rings is 1. The molecule has 3 aromatic heterocycles. The van der Waals surface area contributed by atoms with Gasteiger partial charge in [-0.05, 0) is 50.4 Å². The van der Waals surface area contributed by atoms with Crippen LogP contribution in [0.2, 0.25) is 0 Å². The van der Waals surface area contributed by atoms with E-state index in [1.807, 2.05) is 13.0 Å². The first-order valence-electron chi connectivity index (χ1n) is 9.95. The van der Waals surface area contributed by atoms with Gasteiger partial charge in [0.25, 0.3) is 0 Å². The van der Waals surface area contributed by atoms with Crippen LogP contribution in [-0.4, -0.2) is 50.5 Å². The maximum atomic E-state index is 11.4. The minimum Gasteiger partial charge on any atom is -0.385 e. The minimum absolute atomic E-state index is 0.245. The van der Waals surface area contributed by atoms with E-state index in [-0.39, 0.29) is 6.04 Å². The standard InChI is InChI=1S/C20H25N5O2S/c1-12-9-15(23-22-12)17-18-19(28-24-17)14(20(26)5-3-4-6-20)10-16(21-18)25-7-8-27-11-13(25)2/h9-10,13,26H,3-8,11H2,1-2H3,(H,22,23). The second-order valence-electron chi connectivity index (χ2n) is 8.02. The molecule has 0 radical (unpaired) electrons. The van der Waals surface area contributed by atoms with E-state index >= 15 is 0 Å². The Kier molecular flexibility index (Phi) is 4.37. The van der Waals surface area contributed by atoms with Crippen LogP contribution in [0.3, 0.4) is 0 Å². The molecule has 0 bridgehead atoms. The van der Waals surface area contributed by atoms with E-state index in [2.05, 4.69) is 28.1 Å². The van der Waals surface area contributed by atoms with Crippen LogP contribution in [-0.2, 0) is 10.3 Å². The fraction of sp³-hybridized carbons (Fsp3) is 0.550. The summed E-state index contributed by atoms with van der Waals surface area (Å²) in [7, 11) is 0. The van der Waals surface area contributed by atoms with E-state index in [1.165, 1.54) is 11.5 Å². The van der Waals surface area contributed by atoms with Gasteiger partial charge in [0.15, 0.2) is 0 Å². The summed E-state index contributed by atoms with van der Waals surface area (Å²) in [4.78, 5) is 7.30. The average molecular weight is 400 g/mol. The van der Waals surface area contributed by atoms with Gasteiger partial charge in [0, 0.05) is 12.1 Å². The minimum atomic E-state index is -0.792. The van der Waals surface area contributed by atoms with Crippen LogP contribution in [0.1, 0.15) is 43.9 Å². The van der Waals surface area contributed by atoms with E-state index in [0.29, 0.717) is 13.2 Å². The third-order valence-corrected chi connectivity index (χ3v) is 6.84. The second-order valence-corrected chi connectivity index (χ2v) is 8.79. The van der Waals surface area contributed by atoms with Gasteiger partial charge in [-0.15, -0.1) is 0 Å². The Bertz CT molecular complexity index is 1010. The maximum absolute atomic E-state index is 11.4. The highest BCUT2D eigenvalue weighted by Gasteiger charge is 2.37. The molecule has 0 spiro atoms. The van der Waals surface area contributed by atoms with Crippen LogP contribution in [0.4, 0.5) is 5.82 Å². The van der Waals surface area contributed by atoms with Crippen LogP contribution in [0, 0.1) is 6.92 Å². The number of aromatic amines is 1. The predicted octanol–water partition coefficient (Wildman–Crippen LogP) is 3.38. The quantitative estimate of drug-likeness (QED) is 0.702. The third kappa shape index (κ3) is 2.91. The smallest absolute Gasteiger partial charge is 0.130 e. The molecule has 2 N–H and O–H groups in total. The first-order valence-corrected chi connectivity index (χ1v) is 10.7. The van der Waals surface area contributed by atoms with Gasteiger partial charge < -0.3 is 14.7 Å². The Labute approximate surface area is 167 Å². The van der Waals surface area contributed by atoms with E-state index in [4.69, 9.17) is 14.1 Å². The van der Waals surface area contributed by atoms with Crippen molar-refractivity contribution in [2.45, 2.75) is 51.2 Å². The van der Waals surface area contributed by atoms with Gasteiger partial charge in [-0.2, -0.15) is 9.47 Å². The number of aliphatic hydroxyl groups is 1.